The molecule has 0 aliphatic heterocycles. The molecule has 0 fully saturated rings. The van der Waals surface area contributed by atoms with E-state index in [-0.39, 0.29) is 5.97 Å². The molecule has 0 bridgehead atoms. The maximum atomic E-state index is 12.4. The van der Waals surface area contributed by atoms with E-state index in [0.717, 1.165) is 19.3 Å². The van der Waals surface area contributed by atoms with Crippen molar-refractivity contribution in [2.24, 2.45) is 5.41 Å². The summed E-state index contributed by atoms with van der Waals surface area (Å²) in [4.78, 5) is 12.4. The molecule has 0 rings (SSSR count). The predicted octanol–water partition coefficient (Wildman–Crippen LogP) is 3.79. The number of ether oxygens (including phenoxy) is 1. The first-order valence-corrected chi connectivity index (χ1v) is 10.4. The largest absolute Gasteiger partial charge is 0.502 e. The average Bonchev–Trinajstić information content (AvgIpc) is 2.43. The fourth-order valence-electron chi connectivity index (χ4n) is 2.26. The van der Waals surface area contributed by atoms with Gasteiger partial charge in [-0.05, 0) is 41.0 Å². The first-order valence-electron chi connectivity index (χ1n) is 8.46. The van der Waals surface area contributed by atoms with Crippen LogP contribution in [0.2, 0.25) is 6.04 Å². The smallest absolute Gasteiger partial charge is 0.465 e. The Hall–Kier alpha value is -0.433. The van der Waals surface area contributed by atoms with E-state index in [2.05, 4.69) is 6.92 Å². The molecule has 0 N–H and O–H groups in total. The number of esters is 1. The number of carbonyl (C=O) groups is 1. The van der Waals surface area contributed by atoms with E-state index < -0.39 is 14.2 Å². The number of rotatable bonds is 13. The Morgan fingerprint density at radius 2 is 1.41 bits per heavy atom. The molecule has 0 atom stereocenters. The summed E-state index contributed by atoms with van der Waals surface area (Å²) < 4.78 is 22.9. The molecule has 132 valence electrons. The van der Waals surface area contributed by atoms with Gasteiger partial charge in [0.1, 0.15) is 0 Å². The lowest BCUT2D eigenvalue weighted by Crippen LogP contribution is -2.50. The maximum Gasteiger partial charge on any atom is 0.502 e. The number of unbranched alkanes of at least 4 members (excludes halogenated alkanes) is 2. The van der Waals surface area contributed by atoms with Crippen molar-refractivity contribution in [3.8, 4) is 0 Å². The minimum Gasteiger partial charge on any atom is -0.465 e. The summed E-state index contributed by atoms with van der Waals surface area (Å²) in [5, 5.41) is 0. The molecule has 0 saturated carbocycles. The van der Waals surface area contributed by atoms with Crippen LogP contribution >= 0.6 is 0 Å². The van der Waals surface area contributed by atoms with Crippen LogP contribution < -0.4 is 0 Å². The van der Waals surface area contributed by atoms with E-state index in [1.165, 1.54) is 0 Å². The summed E-state index contributed by atoms with van der Waals surface area (Å²) in [6, 6.07) is 0.433. The zero-order chi connectivity index (χ0) is 17.1. The zero-order valence-corrected chi connectivity index (χ0v) is 16.2. The predicted molar refractivity (Wildman–Crippen MR) is 89.7 cm³/mol. The van der Waals surface area contributed by atoms with Crippen molar-refractivity contribution in [3.05, 3.63) is 0 Å². The molecule has 0 aliphatic carbocycles. The maximum absolute atomic E-state index is 12.4. The topological polar surface area (TPSA) is 54.0 Å². The van der Waals surface area contributed by atoms with Gasteiger partial charge < -0.3 is 18.0 Å². The summed E-state index contributed by atoms with van der Waals surface area (Å²) in [6.07, 6.45) is 3.09. The van der Waals surface area contributed by atoms with Gasteiger partial charge in [-0.15, -0.1) is 0 Å². The van der Waals surface area contributed by atoms with Crippen molar-refractivity contribution in [1.29, 1.82) is 0 Å². The second kappa shape index (κ2) is 11.2. The second-order valence-corrected chi connectivity index (χ2v) is 8.47. The Bertz CT molecular complexity index is 290. The third kappa shape index (κ3) is 7.72. The van der Waals surface area contributed by atoms with E-state index in [1.807, 2.05) is 34.6 Å². The minimum atomic E-state index is -2.85. The molecule has 0 aromatic carbocycles. The third-order valence-electron chi connectivity index (χ3n) is 3.28. The SMILES string of the molecule is CCCCCOC(=O)C(C)(C)C[Si](OCC)(OCC)OCC. The molecule has 0 unspecified atom stereocenters. The van der Waals surface area contributed by atoms with Crippen LogP contribution in [0.4, 0.5) is 0 Å². The van der Waals surface area contributed by atoms with Gasteiger partial charge in [0.25, 0.3) is 0 Å². The molecule has 5 nitrogen and oxygen atoms in total. The normalized spacial score (nSPS) is 12.5. The number of hydrogen-bond donors (Lipinski definition) is 0. The third-order valence-corrected chi connectivity index (χ3v) is 6.79. The van der Waals surface area contributed by atoms with Gasteiger partial charge in [-0.25, -0.2) is 0 Å². The van der Waals surface area contributed by atoms with E-state index >= 15 is 0 Å². The first-order chi connectivity index (χ1) is 10.4. The van der Waals surface area contributed by atoms with Crippen molar-refractivity contribution < 1.29 is 22.8 Å². The first kappa shape index (κ1) is 21.6. The fraction of sp³-hybridized carbons (Fsp3) is 0.938. The van der Waals surface area contributed by atoms with Gasteiger partial charge in [0.2, 0.25) is 0 Å². The molecule has 0 amide bonds. The van der Waals surface area contributed by atoms with Gasteiger partial charge in [0, 0.05) is 25.9 Å². The summed E-state index contributed by atoms with van der Waals surface area (Å²) >= 11 is 0. The van der Waals surface area contributed by atoms with Crippen LogP contribution in [-0.2, 0) is 22.8 Å². The Morgan fingerprint density at radius 1 is 0.909 bits per heavy atom. The molecule has 0 radical (unpaired) electrons. The van der Waals surface area contributed by atoms with Crippen LogP contribution in [0, 0.1) is 5.41 Å². The van der Waals surface area contributed by atoms with Gasteiger partial charge in [0.05, 0.1) is 12.0 Å². The highest BCUT2D eigenvalue weighted by molar-refractivity contribution is 6.61. The second-order valence-electron chi connectivity index (χ2n) is 5.89. The lowest BCUT2D eigenvalue weighted by Gasteiger charge is -2.34. The molecule has 0 aromatic rings. The molecule has 0 aliphatic rings. The van der Waals surface area contributed by atoms with Gasteiger partial charge in [-0.1, -0.05) is 19.8 Å². The van der Waals surface area contributed by atoms with Crippen LogP contribution in [0.1, 0.15) is 60.8 Å². The Morgan fingerprint density at radius 3 is 1.82 bits per heavy atom. The van der Waals surface area contributed by atoms with E-state index in [4.69, 9.17) is 18.0 Å². The van der Waals surface area contributed by atoms with Crippen LogP contribution in [-0.4, -0.2) is 41.2 Å². The standard InChI is InChI=1S/C16H34O5Si/c1-7-11-12-13-18-15(17)16(5,6)14-22(19-8-2,20-9-3)21-10-4/h7-14H2,1-6H3. The van der Waals surface area contributed by atoms with E-state index in [1.54, 1.807) is 0 Å². The van der Waals surface area contributed by atoms with Crippen LogP contribution in [0.25, 0.3) is 0 Å². The number of hydrogen-bond acceptors (Lipinski definition) is 5. The summed E-state index contributed by atoms with van der Waals surface area (Å²) in [5.41, 5.74) is -0.683. The van der Waals surface area contributed by atoms with Crippen molar-refractivity contribution in [2.45, 2.75) is 66.8 Å². The molecule has 6 heteroatoms. The molecule has 0 spiro atoms. The molecule has 22 heavy (non-hydrogen) atoms. The van der Waals surface area contributed by atoms with E-state index in [0.29, 0.717) is 32.5 Å². The van der Waals surface area contributed by atoms with Crippen molar-refractivity contribution in [1.82, 2.24) is 0 Å². The van der Waals surface area contributed by atoms with Crippen molar-refractivity contribution >= 4 is 14.8 Å². The highest BCUT2D eigenvalue weighted by Crippen LogP contribution is 2.32. The number of carbonyl (C=O) groups excluding carboxylic acids is 1. The molecular weight excluding hydrogens is 300 g/mol. The summed E-state index contributed by atoms with van der Waals surface area (Å²) in [6.45, 7) is 13.6. The lowest BCUT2D eigenvalue weighted by molar-refractivity contribution is -0.153. The van der Waals surface area contributed by atoms with Gasteiger partial charge in [-0.2, -0.15) is 0 Å². The summed E-state index contributed by atoms with van der Waals surface area (Å²) in [5.74, 6) is -0.209. The minimum absolute atomic E-state index is 0.209. The highest BCUT2D eigenvalue weighted by atomic mass is 28.4. The Balaban J connectivity index is 4.79. The summed E-state index contributed by atoms with van der Waals surface area (Å²) in [7, 11) is -2.85. The Labute approximate surface area is 137 Å². The quantitative estimate of drug-likeness (QED) is 0.291. The Kier molecular flexibility index (Phi) is 10.9. The van der Waals surface area contributed by atoms with Crippen LogP contribution in [0.3, 0.4) is 0 Å². The van der Waals surface area contributed by atoms with Crippen LogP contribution in [0.15, 0.2) is 0 Å². The molecule has 0 saturated heterocycles. The molecule has 0 heterocycles. The van der Waals surface area contributed by atoms with E-state index in [9.17, 15) is 4.79 Å². The van der Waals surface area contributed by atoms with Crippen molar-refractivity contribution in [2.75, 3.05) is 26.4 Å². The average molecular weight is 335 g/mol. The molecular formula is C16H34O5Si. The monoisotopic (exact) mass is 334 g/mol. The van der Waals surface area contributed by atoms with Crippen LogP contribution in [0.5, 0.6) is 0 Å². The van der Waals surface area contributed by atoms with Gasteiger partial charge in [-0.3, -0.25) is 4.79 Å². The zero-order valence-electron chi connectivity index (χ0n) is 15.2. The molecule has 0 aromatic heterocycles. The lowest BCUT2D eigenvalue weighted by atomic mass is 9.97. The highest BCUT2D eigenvalue weighted by Gasteiger charge is 2.48. The van der Waals surface area contributed by atoms with Gasteiger partial charge in [0.15, 0.2) is 0 Å². The fourth-order valence-corrected chi connectivity index (χ4v) is 5.37. The van der Waals surface area contributed by atoms with Gasteiger partial charge >= 0.3 is 14.8 Å². The van der Waals surface area contributed by atoms with Crippen molar-refractivity contribution in [3.63, 3.8) is 0 Å².